The summed E-state index contributed by atoms with van der Waals surface area (Å²) in [5, 5.41) is 22.9. The normalized spacial score (nSPS) is 12.7. The molecule has 1 amide bonds. The highest BCUT2D eigenvalue weighted by Gasteiger charge is 2.18. The minimum absolute atomic E-state index is 0.0122. The van der Waals surface area contributed by atoms with Crippen molar-refractivity contribution in [2.45, 2.75) is 302 Å². The third-order valence-corrected chi connectivity index (χ3v) is 12.3. The van der Waals surface area contributed by atoms with E-state index in [1.807, 2.05) is 6.08 Å². The summed E-state index contributed by atoms with van der Waals surface area (Å²) in [5.41, 5.74) is 0. The molecule has 6 nitrogen and oxygen atoms in total. The van der Waals surface area contributed by atoms with Gasteiger partial charge in [-0.15, -0.1) is 0 Å². The van der Waals surface area contributed by atoms with Crippen LogP contribution in [0.15, 0.2) is 12.2 Å². The predicted octanol–water partition coefficient (Wildman–Crippen LogP) is 15.7. The van der Waals surface area contributed by atoms with Crippen molar-refractivity contribution in [1.29, 1.82) is 0 Å². The smallest absolute Gasteiger partial charge is 0.305 e. The van der Waals surface area contributed by atoms with Gasteiger partial charge in [-0.1, -0.05) is 257 Å². The van der Waals surface area contributed by atoms with E-state index in [1.165, 1.54) is 225 Å². The lowest BCUT2D eigenvalue weighted by molar-refractivity contribution is -0.143. The fraction of sp³-hybridized carbons (Fsp3) is 0.925. The van der Waals surface area contributed by atoms with Crippen molar-refractivity contribution in [3.8, 4) is 0 Å². The summed E-state index contributed by atoms with van der Waals surface area (Å²) in [4.78, 5) is 24.3. The Labute approximate surface area is 368 Å². The average Bonchev–Trinajstić information content (AvgIpc) is 3.24. The van der Waals surface area contributed by atoms with Crippen molar-refractivity contribution in [2.24, 2.45) is 0 Å². The van der Waals surface area contributed by atoms with Crippen LogP contribution in [0.5, 0.6) is 0 Å². The van der Waals surface area contributed by atoms with E-state index in [4.69, 9.17) is 4.74 Å². The van der Waals surface area contributed by atoms with E-state index < -0.39 is 12.1 Å². The van der Waals surface area contributed by atoms with Gasteiger partial charge in [0.2, 0.25) is 5.91 Å². The van der Waals surface area contributed by atoms with Gasteiger partial charge in [0.25, 0.3) is 0 Å². The largest absolute Gasteiger partial charge is 0.466 e. The number of carbonyl (C=O) groups excluding carboxylic acids is 2. The topological polar surface area (TPSA) is 95.9 Å². The Morgan fingerprint density at radius 2 is 0.780 bits per heavy atom. The first kappa shape index (κ1) is 57.6. The molecule has 0 fully saturated rings. The number of ether oxygens (including phenoxy) is 1. The molecule has 0 heterocycles. The molecular formula is C53H103NO5. The second-order valence-electron chi connectivity index (χ2n) is 18.2. The predicted molar refractivity (Wildman–Crippen MR) is 255 cm³/mol. The van der Waals surface area contributed by atoms with Crippen LogP contribution in [0.25, 0.3) is 0 Å². The summed E-state index contributed by atoms with van der Waals surface area (Å²) in [7, 11) is 0. The van der Waals surface area contributed by atoms with Gasteiger partial charge in [0.15, 0.2) is 0 Å². The van der Waals surface area contributed by atoms with Crippen LogP contribution in [-0.4, -0.2) is 47.4 Å². The maximum Gasteiger partial charge on any atom is 0.305 e. The summed E-state index contributed by atoms with van der Waals surface area (Å²) >= 11 is 0. The van der Waals surface area contributed by atoms with Gasteiger partial charge in [-0.2, -0.15) is 0 Å². The fourth-order valence-corrected chi connectivity index (χ4v) is 8.22. The highest BCUT2D eigenvalue weighted by molar-refractivity contribution is 5.76. The number of carbonyl (C=O) groups is 2. The van der Waals surface area contributed by atoms with Gasteiger partial charge in [0.1, 0.15) is 0 Å². The lowest BCUT2D eigenvalue weighted by Gasteiger charge is -2.20. The molecule has 0 spiro atoms. The summed E-state index contributed by atoms with van der Waals surface area (Å²) in [6.45, 7) is 4.88. The molecule has 0 radical (unpaired) electrons. The number of allylic oxidation sites excluding steroid dienone is 1. The summed E-state index contributed by atoms with van der Waals surface area (Å²) in [5.74, 6) is -0.0581. The van der Waals surface area contributed by atoms with Gasteiger partial charge in [0, 0.05) is 12.8 Å². The average molecular weight is 834 g/mol. The first-order valence-electron chi connectivity index (χ1n) is 26.5. The van der Waals surface area contributed by atoms with Crippen LogP contribution in [0.2, 0.25) is 0 Å². The van der Waals surface area contributed by atoms with E-state index in [-0.39, 0.29) is 18.5 Å². The molecule has 0 aromatic heterocycles. The summed E-state index contributed by atoms with van der Waals surface area (Å²) in [6.07, 6.45) is 56.6. The van der Waals surface area contributed by atoms with Gasteiger partial charge in [0.05, 0.1) is 25.4 Å². The summed E-state index contributed by atoms with van der Waals surface area (Å²) < 4.78 is 5.46. The molecule has 2 unspecified atom stereocenters. The Bertz CT molecular complexity index is 878. The van der Waals surface area contributed by atoms with Gasteiger partial charge >= 0.3 is 5.97 Å². The number of aliphatic hydroxyl groups excluding tert-OH is 2. The maximum atomic E-state index is 12.4. The Kier molecular flexibility index (Phi) is 48.1. The zero-order valence-corrected chi connectivity index (χ0v) is 39.7. The number of amides is 1. The number of unbranched alkanes of at least 4 members (excludes halogenated alkanes) is 38. The maximum absolute atomic E-state index is 12.4. The van der Waals surface area contributed by atoms with Crippen molar-refractivity contribution in [3.63, 3.8) is 0 Å². The second-order valence-corrected chi connectivity index (χ2v) is 18.2. The van der Waals surface area contributed by atoms with Crippen molar-refractivity contribution in [1.82, 2.24) is 5.32 Å². The molecule has 0 aliphatic rings. The van der Waals surface area contributed by atoms with Crippen LogP contribution >= 0.6 is 0 Å². The van der Waals surface area contributed by atoms with Crippen LogP contribution < -0.4 is 5.32 Å². The quantitative estimate of drug-likeness (QED) is 0.0322. The van der Waals surface area contributed by atoms with Crippen LogP contribution in [0.4, 0.5) is 0 Å². The number of hydrogen-bond donors (Lipinski definition) is 3. The molecule has 0 aliphatic carbocycles. The highest BCUT2D eigenvalue weighted by atomic mass is 16.5. The minimum Gasteiger partial charge on any atom is -0.466 e. The fourth-order valence-electron chi connectivity index (χ4n) is 8.22. The van der Waals surface area contributed by atoms with Gasteiger partial charge < -0.3 is 20.3 Å². The molecule has 6 heteroatoms. The molecule has 0 saturated carbocycles. The lowest BCUT2D eigenvalue weighted by Crippen LogP contribution is -2.45. The molecule has 0 aromatic carbocycles. The van der Waals surface area contributed by atoms with Crippen molar-refractivity contribution < 1.29 is 24.5 Å². The molecule has 0 saturated heterocycles. The van der Waals surface area contributed by atoms with E-state index in [1.54, 1.807) is 6.08 Å². The van der Waals surface area contributed by atoms with Crippen molar-refractivity contribution in [2.75, 3.05) is 13.2 Å². The molecule has 59 heavy (non-hydrogen) atoms. The van der Waals surface area contributed by atoms with Gasteiger partial charge in [-0.3, -0.25) is 9.59 Å². The molecule has 3 N–H and O–H groups in total. The lowest BCUT2D eigenvalue weighted by atomic mass is 10.0. The third kappa shape index (κ3) is 45.9. The highest BCUT2D eigenvalue weighted by Crippen LogP contribution is 2.17. The van der Waals surface area contributed by atoms with E-state index in [9.17, 15) is 19.8 Å². The van der Waals surface area contributed by atoms with E-state index in [0.717, 1.165) is 38.5 Å². The number of rotatable bonds is 49. The Morgan fingerprint density at radius 1 is 0.458 bits per heavy atom. The molecule has 0 aromatic rings. The summed E-state index contributed by atoms with van der Waals surface area (Å²) in [6, 6.07) is -0.624. The Hall–Kier alpha value is -1.40. The zero-order valence-electron chi connectivity index (χ0n) is 39.7. The number of nitrogens with one attached hydrogen (secondary N) is 1. The number of hydrogen-bond acceptors (Lipinski definition) is 5. The van der Waals surface area contributed by atoms with Gasteiger partial charge in [-0.25, -0.2) is 0 Å². The SMILES string of the molecule is CCCCCCCCC/C=C/C(O)C(CO)NC(=O)CCCCCCCCCCCCCCCCCCCCCCCCOC(=O)CCCCCCCCCCCCC. The van der Waals surface area contributed by atoms with Crippen LogP contribution in [0, 0.1) is 0 Å². The second kappa shape index (κ2) is 49.3. The molecule has 0 bridgehead atoms. The molecule has 0 aliphatic heterocycles. The van der Waals surface area contributed by atoms with Crippen LogP contribution in [-0.2, 0) is 14.3 Å². The van der Waals surface area contributed by atoms with Crippen molar-refractivity contribution >= 4 is 11.9 Å². The van der Waals surface area contributed by atoms with Gasteiger partial charge in [-0.05, 0) is 32.1 Å². The van der Waals surface area contributed by atoms with Crippen molar-refractivity contribution in [3.05, 3.63) is 12.2 Å². The number of esters is 1. The van der Waals surface area contributed by atoms with E-state index in [2.05, 4.69) is 19.2 Å². The molecule has 2 atom stereocenters. The first-order valence-corrected chi connectivity index (χ1v) is 26.5. The first-order chi connectivity index (χ1) is 29.0. The standard InChI is InChI=1S/C53H103NO5/c1-3-5-7-9-11-13-26-31-35-39-43-47-53(58)59-48-44-40-36-32-28-25-23-21-19-17-15-14-16-18-20-22-24-27-30-34-38-42-46-52(57)54-50(49-55)51(56)45-41-37-33-29-12-10-8-6-4-2/h41,45,50-51,55-56H,3-40,42-44,46-49H2,1-2H3,(H,54,57)/b45-41+. The third-order valence-electron chi connectivity index (χ3n) is 12.3. The molecule has 350 valence electrons. The Morgan fingerprint density at radius 3 is 1.15 bits per heavy atom. The van der Waals surface area contributed by atoms with Crippen LogP contribution in [0.1, 0.15) is 290 Å². The molecular weight excluding hydrogens is 731 g/mol. The monoisotopic (exact) mass is 834 g/mol. The molecule has 0 rings (SSSR count). The Balaban J connectivity index is 3.36. The number of aliphatic hydroxyl groups is 2. The van der Waals surface area contributed by atoms with E-state index in [0.29, 0.717) is 19.4 Å². The minimum atomic E-state index is -0.841. The zero-order chi connectivity index (χ0) is 43.0. The van der Waals surface area contributed by atoms with Crippen LogP contribution in [0.3, 0.4) is 0 Å². The van der Waals surface area contributed by atoms with E-state index >= 15 is 0 Å².